The molecule has 0 aliphatic carbocycles. The lowest BCUT2D eigenvalue weighted by molar-refractivity contribution is 0.569. The van der Waals surface area contributed by atoms with Crippen LogP contribution in [-0.2, 0) is 10.8 Å². The average Bonchev–Trinajstić information content (AvgIpc) is 3.72. The Morgan fingerprint density at radius 3 is 1.89 bits per heavy atom. The van der Waals surface area contributed by atoms with E-state index in [-0.39, 0.29) is 17.7 Å². The van der Waals surface area contributed by atoms with Gasteiger partial charge in [-0.15, -0.1) is 0 Å². The molecule has 56 heavy (non-hydrogen) atoms. The van der Waals surface area contributed by atoms with Crippen molar-refractivity contribution in [2.45, 2.75) is 59.3 Å². The fourth-order valence-corrected chi connectivity index (χ4v) is 10.6. The number of hydrogen-bond donors (Lipinski definition) is 0. The standard InChI is InChI=1S/C53H43BN2/c1-30-22-24-44-49-46(30)38-18-12-19-39-47-35-15-9-8-14-31(35)23-25-43(47)56(50(38)39)54(49)42-21-13-20-40-48-37-17-11-10-16-36(37)41(29-45(48)55(44)51(40)42)32-26-33(52(2,3)4)28-34(27-32)53(5,6)7/h8-29H,1-7H3. The number of para-hydroxylation sites is 2. The van der Waals surface area contributed by atoms with Gasteiger partial charge in [-0.1, -0.05) is 157 Å². The van der Waals surface area contributed by atoms with Gasteiger partial charge < -0.3 is 9.05 Å². The summed E-state index contributed by atoms with van der Waals surface area (Å²) in [4.78, 5) is 0. The predicted octanol–water partition coefficient (Wildman–Crippen LogP) is 12.7. The Morgan fingerprint density at radius 1 is 0.500 bits per heavy atom. The predicted molar refractivity (Wildman–Crippen MR) is 242 cm³/mol. The Kier molecular flexibility index (Phi) is 6.11. The van der Waals surface area contributed by atoms with E-state index in [4.69, 9.17) is 0 Å². The van der Waals surface area contributed by atoms with Crippen molar-refractivity contribution in [2.24, 2.45) is 0 Å². The van der Waals surface area contributed by atoms with Crippen LogP contribution in [0.1, 0.15) is 58.2 Å². The van der Waals surface area contributed by atoms with Crippen LogP contribution < -0.4 is 10.9 Å². The van der Waals surface area contributed by atoms with E-state index < -0.39 is 0 Å². The third-order valence-electron chi connectivity index (χ3n) is 13.3. The summed E-state index contributed by atoms with van der Waals surface area (Å²) in [7, 11) is 0. The summed E-state index contributed by atoms with van der Waals surface area (Å²) < 4.78 is 5.33. The van der Waals surface area contributed by atoms with Crippen molar-refractivity contribution in [1.82, 2.24) is 9.05 Å². The van der Waals surface area contributed by atoms with Gasteiger partial charge in [0.15, 0.2) is 0 Å². The number of rotatable bonds is 1. The van der Waals surface area contributed by atoms with Crippen LogP contribution in [0.3, 0.4) is 0 Å². The van der Waals surface area contributed by atoms with Gasteiger partial charge in [-0.05, 0) is 102 Å². The van der Waals surface area contributed by atoms with E-state index in [2.05, 4.69) is 191 Å². The third-order valence-corrected chi connectivity index (χ3v) is 13.3. The number of aromatic nitrogens is 2. The second-order valence-electron chi connectivity index (χ2n) is 18.6. The summed E-state index contributed by atoms with van der Waals surface area (Å²) in [6.45, 7) is 16.4. The molecule has 0 atom stereocenters. The Morgan fingerprint density at radius 2 is 1.14 bits per heavy atom. The van der Waals surface area contributed by atoms with E-state index >= 15 is 0 Å². The summed E-state index contributed by atoms with van der Waals surface area (Å²) in [5, 5.41) is 10.6. The van der Waals surface area contributed by atoms with E-state index in [1.807, 2.05) is 0 Å². The quantitative estimate of drug-likeness (QED) is 0.150. The van der Waals surface area contributed by atoms with Crippen molar-refractivity contribution in [2.75, 3.05) is 0 Å². The van der Waals surface area contributed by atoms with E-state index in [0.717, 1.165) is 0 Å². The van der Waals surface area contributed by atoms with Gasteiger partial charge in [0.05, 0.1) is 11.0 Å². The molecule has 2 aliphatic heterocycles. The normalized spacial score (nSPS) is 13.6. The topological polar surface area (TPSA) is 9.86 Å². The molecule has 0 spiro atoms. The molecular formula is C53H43BN2. The molecule has 2 aliphatic rings. The number of nitrogens with zero attached hydrogens (tertiary/aromatic N) is 2. The van der Waals surface area contributed by atoms with Crippen LogP contribution in [0.15, 0.2) is 133 Å². The summed E-state index contributed by atoms with van der Waals surface area (Å²) in [6, 6.07) is 51.5. The van der Waals surface area contributed by atoms with Crippen molar-refractivity contribution in [3.8, 4) is 27.9 Å². The third kappa shape index (κ3) is 4.03. The summed E-state index contributed by atoms with van der Waals surface area (Å²) in [5.74, 6) is 0. The SMILES string of the molecule is Cc1ccc2c3c1-c1cccc4c5c6ccccc6ccc5n(c14)B3c1cccc3c4c5ccccc5c(-c5cc(C(C)(C)C)cc(C(C)(C)C)c5)cc4n-2c13. The first-order chi connectivity index (χ1) is 27.0. The van der Waals surface area contributed by atoms with Gasteiger partial charge in [0.25, 0.3) is 0 Å². The van der Waals surface area contributed by atoms with Crippen LogP contribution in [0.25, 0.3) is 93.1 Å². The summed E-state index contributed by atoms with van der Waals surface area (Å²) >= 11 is 0. The van der Waals surface area contributed by atoms with Crippen molar-refractivity contribution in [3.05, 3.63) is 150 Å². The molecule has 12 rings (SSSR count). The highest BCUT2D eigenvalue weighted by Crippen LogP contribution is 2.47. The van der Waals surface area contributed by atoms with Crippen LogP contribution >= 0.6 is 0 Å². The molecular weight excluding hydrogens is 675 g/mol. The molecule has 3 heteroatoms. The number of aryl methyl sites for hydroxylation is 1. The fraction of sp³-hybridized carbons (Fsp3) is 0.170. The monoisotopic (exact) mass is 718 g/mol. The molecule has 0 saturated heterocycles. The zero-order valence-electron chi connectivity index (χ0n) is 33.2. The number of hydrogen-bond acceptors (Lipinski definition) is 0. The minimum absolute atomic E-state index is 0.0210. The minimum Gasteiger partial charge on any atom is -0.375 e. The molecule has 0 unspecified atom stereocenters. The molecule has 0 N–H and O–H groups in total. The fourth-order valence-electron chi connectivity index (χ4n) is 10.6. The van der Waals surface area contributed by atoms with Crippen molar-refractivity contribution < 1.29 is 0 Å². The van der Waals surface area contributed by atoms with E-state index in [1.165, 1.54) is 121 Å². The van der Waals surface area contributed by atoms with Crippen LogP contribution in [0.4, 0.5) is 0 Å². The lowest BCUT2D eigenvalue weighted by atomic mass is 9.45. The van der Waals surface area contributed by atoms with Crippen LogP contribution in [0.5, 0.6) is 0 Å². The first-order valence-electron chi connectivity index (χ1n) is 20.2. The van der Waals surface area contributed by atoms with Gasteiger partial charge in [-0.2, -0.15) is 0 Å². The first kappa shape index (κ1) is 32.2. The second kappa shape index (κ2) is 10.6. The van der Waals surface area contributed by atoms with Crippen LogP contribution in [0, 0.1) is 6.92 Å². The van der Waals surface area contributed by atoms with Gasteiger partial charge in [-0.25, -0.2) is 0 Å². The second-order valence-corrected chi connectivity index (χ2v) is 18.6. The molecule has 268 valence electrons. The lowest BCUT2D eigenvalue weighted by Gasteiger charge is -2.34. The molecule has 4 heterocycles. The molecule has 0 fully saturated rings. The van der Waals surface area contributed by atoms with Crippen LogP contribution in [-0.4, -0.2) is 15.9 Å². The highest BCUT2D eigenvalue weighted by molar-refractivity contribution is 6.90. The molecule has 0 saturated carbocycles. The summed E-state index contributed by atoms with van der Waals surface area (Å²) in [5.41, 5.74) is 18.7. The van der Waals surface area contributed by atoms with Gasteiger partial charge in [0.1, 0.15) is 0 Å². The largest absolute Gasteiger partial charge is 0.375 e. The van der Waals surface area contributed by atoms with Crippen molar-refractivity contribution >= 4 is 82.9 Å². The van der Waals surface area contributed by atoms with Gasteiger partial charge >= 0.3 is 6.85 Å². The Labute approximate surface area is 328 Å². The maximum Gasteiger partial charge on any atom is 0.333 e. The van der Waals surface area contributed by atoms with Gasteiger partial charge in [0.2, 0.25) is 0 Å². The molecule has 2 nitrogen and oxygen atoms in total. The van der Waals surface area contributed by atoms with E-state index in [0.29, 0.717) is 0 Å². The van der Waals surface area contributed by atoms with Crippen molar-refractivity contribution in [3.63, 3.8) is 0 Å². The zero-order valence-corrected chi connectivity index (χ0v) is 33.2. The van der Waals surface area contributed by atoms with Crippen LogP contribution in [0.2, 0.25) is 0 Å². The molecule has 0 amide bonds. The number of fused-ring (bicyclic) bond motifs is 14. The minimum atomic E-state index is 0.0210. The summed E-state index contributed by atoms with van der Waals surface area (Å²) in [6.07, 6.45) is 0. The molecule has 0 radical (unpaired) electrons. The maximum atomic E-state index is 2.70. The average molecular weight is 719 g/mol. The Bertz CT molecular complexity index is 3360. The van der Waals surface area contributed by atoms with Gasteiger partial charge in [0, 0.05) is 43.8 Å². The van der Waals surface area contributed by atoms with E-state index in [1.54, 1.807) is 0 Å². The Balaban J connectivity index is 1.25. The van der Waals surface area contributed by atoms with Crippen molar-refractivity contribution in [1.29, 1.82) is 0 Å². The Hall–Kier alpha value is -6.06. The highest BCUT2D eigenvalue weighted by atomic mass is 15.0. The lowest BCUT2D eigenvalue weighted by Crippen LogP contribution is -2.55. The molecule has 2 aromatic heterocycles. The smallest absolute Gasteiger partial charge is 0.333 e. The van der Waals surface area contributed by atoms with Gasteiger partial charge in [-0.3, -0.25) is 0 Å². The van der Waals surface area contributed by atoms with E-state index in [9.17, 15) is 0 Å². The maximum absolute atomic E-state index is 2.70. The number of benzene rings is 8. The zero-order chi connectivity index (χ0) is 38.0. The molecule has 10 aromatic rings. The molecule has 8 aromatic carbocycles. The first-order valence-corrected chi connectivity index (χ1v) is 20.2. The molecule has 0 bridgehead atoms. The highest BCUT2D eigenvalue weighted by Gasteiger charge is 2.42.